The summed E-state index contributed by atoms with van der Waals surface area (Å²) in [6.07, 6.45) is 1.27. The summed E-state index contributed by atoms with van der Waals surface area (Å²) in [6.45, 7) is 7.28. The molecule has 0 bridgehead atoms. The van der Waals surface area contributed by atoms with Gasteiger partial charge < -0.3 is 25.2 Å². The molecule has 1 saturated heterocycles. The van der Waals surface area contributed by atoms with E-state index in [9.17, 15) is 14.4 Å². The van der Waals surface area contributed by atoms with Crippen molar-refractivity contribution in [1.82, 2.24) is 19.6 Å². The van der Waals surface area contributed by atoms with Gasteiger partial charge in [0, 0.05) is 43.1 Å². The lowest BCUT2D eigenvalue weighted by Gasteiger charge is -2.35. The van der Waals surface area contributed by atoms with Crippen LogP contribution in [0.1, 0.15) is 25.6 Å². The van der Waals surface area contributed by atoms with Crippen molar-refractivity contribution in [2.45, 2.75) is 26.8 Å². The first-order valence-corrected chi connectivity index (χ1v) is 10.8. The largest absolute Gasteiger partial charge is 0.450 e. The Hall–Kier alpha value is -3.27. The van der Waals surface area contributed by atoms with E-state index in [2.05, 4.69) is 15.7 Å². The Balaban J connectivity index is 1.58. The lowest BCUT2D eigenvalue weighted by atomic mass is 10.2. The molecular weight excluding hydrogens is 436 g/mol. The molecule has 1 aliphatic rings. The topological polar surface area (TPSA) is 109 Å². The minimum Gasteiger partial charge on any atom is -0.450 e. The number of halogens is 1. The molecule has 4 amide bonds. The number of hydrogen-bond donors (Lipinski definition) is 2. The Labute approximate surface area is 191 Å². The van der Waals surface area contributed by atoms with E-state index in [1.165, 1.54) is 4.68 Å². The van der Waals surface area contributed by atoms with E-state index in [0.29, 0.717) is 54.9 Å². The van der Waals surface area contributed by atoms with Crippen LogP contribution in [0.25, 0.3) is 0 Å². The Kier molecular flexibility index (Phi) is 7.57. The average molecular weight is 463 g/mol. The number of urea groups is 1. The minimum absolute atomic E-state index is 0.106. The number of hydrogen-bond acceptors (Lipinski definition) is 5. The number of amides is 4. The Morgan fingerprint density at radius 1 is 1.16 bits per heavy atom. The maximum absolute atomic E-state index is 12.9. The molecule has 0 radical (unpaired) electrons. The van der Waals surface area contributed by atoms with Gasteiger partial charge in [-0.3, -0.25) is 9.48 Å². The van der Waals surface area contributed by atoms with Gasteiger partial charge in [-0.25, -0.2) is 9.59 Å². The fourth-order valence-electron chi connectivity index (χ4n) is 3.36. The first-order valence-electron chi connectivity index (χ1n) is 10.4. The molecule has 1 unspecified atom stereocenters. The zero-order valence-corrected chi connectivity index (χ0v) is 19.1. The maximum Gasteiger partial charge on any atom is 0.409 e. The van der Waals surface area contributed by atoms with Crippen molar-refractivity contribution < 1.29 is 19.1 Å². The molecule has 1 aromatic heterocycles. The lowest BCUT2D eigenvalue weighted by Crippen LogP contribution is -2.52. The van der Waals surface area contributed by atoms with E-state index in [1.54, 1.807) is 61.0 Å². The molecule has 32 heavy (non-hydrogen) atoms. The molecule has 1 aliphatic heterocycles. The highest BCUT2D eigenvalue weighted by molar-refractivity contribution is 6.30. The number of piperazine rings is 1. The van der Waals surface area contributed by atoms with Crippen molar-refractivity contribution in [3.63, 3.8) is 0 Å². The average Bonchev–Trinajstić information content (AvgIpc) is 3.13. The molecule has 3 rings (SSSR count). The molecule has 0 aliphatic carbocycles. The molecule has 1 atom stereocenters. The smallest absolute Gasteiger partial charge is 0.409 e. The fraction of sp³-hybridized carbons (Fsp3) is 0.429. The van der Waals surface area contributed by atoms with Gasteiger partial charge in [-0.1, -0.05) is 17.7 Å². The van der Waals surface area contributed by atoms with Gasteiger partial charge in [-0.2, -0.15) is 5.10 Å². The van der Waals surface area contributed by atoms with Crippen LogP contribution in [0.3, 0.4) is 0 Å². The predicted molar refractivity (Wildman–Crippen MR) is 121 cm³/mol. The third kappa shape index (κ3) is 5.70. The molecule has 2 aromatic rings. The normalized spacial score (nSPS) is 14.6. The highest BCUT2D eigenvalue weighted by Crippen LogP contribution is 2.20. The van der Waals surface area contributed by atoms with Crippen LogP contribution in [0.5, 0.6) is 0 Å². The van der Waals surface area contributed by atoms with Crippen molar-refractivity contribution in [3.05, 3.63) is 41.2 Å². The molecule has 0 saturated carbocycles. The zero-order valence-electron chi connectivity index (χ0n) is 18.3. The van der Waals surface area contributed by atoms with Crippen LogP contribution < -0.4 is 10.6 Å². The second kappa shape index (κ2) is 10.4. The van der Waals surface area contributed by atoms with Gasteiger partial charge in [0.05, 0.1) is 18.0 Å². The number of anilines is 2. The second-order valence-electron chi connectivity index (χ2n) is 7.38. The summed E-state index contributed by atoms with van der Waals surface area (Å²) < 4.78 is 6.54. The molecule has 1 aromatic carbocycles. The molecule has 0 spiro atoms. The Bertz CT molecular complexity index is 986. The standard InChI is InChI=1S/C21H27ClN6O4/c1-4-32-21(31)27-10-8-26(9-11-27)19(29)15(3)28-13-18(14(2)25-28)24-20(30)23-17-7-5-6-16(22)12-17/h5-7,12-13,15H,4,8-11H2,1-3H3,(H2,23,24,30). The van der Waals surface area contributed by atoms with Crippen molar-refractivity contribution in [3.8, 4) is 0 Å². The Morgan fingerprint density at radius 2 is 1.84 bits per heavy atom. The van der Waals surface area contributed by atoms with Gasteiger partial charge in [0.15, 0.2) is 0 Å². The highest BCUT2D eigenvalue weighted by atomic mass is 35.5. The Morgan fingerprint density at radius 3 is 2.50 bits per heavy atom. The highest BCUT2D eigenvalue weighted by Gasteiger charge is 2.29. The van der Waals surface area contributed by atoms with E-state index in [-0.39, 0.29) is 12.0 Å². The summed E-state index contributed by atoms with van der Waals surface area (Å²) in [4.78, 5) is 40.4. The summed E-state index contributed by atoms with van der Waals surface area (Å²) in [5, 5.41) is 10.4. The number of carbonyl (C=O) groups is 3. The van der Waals surface area contributed by atoms with Crippen molar-refractivity contribution in [1.29, 1.82) is 0 Å². The van der Waals surface area contributed by atoms with Crippen LogP contribution in [-0.4, -0.2) is 70.4 Å². The number of ether oxygens (including phenoxy) is 1. The first-order chi connectivity index (χ1) is 15.3. The number of carbonyl (C=O) groups excluding carboxylic acids is 3. The monoisotopic (exact) mass is 462 g/mol. The number of benzene rings is 1. The summed E-state index contributed by atoms with van der Waals surface area (Å²) in [5.74, 6) is -0.106. The summed E-state index contributed by atoms with van der Waals surface area (Å²) in [6, 6.07) is 5.82. The number of aryl methyl sites for hydroxylation is 1. The quantitative estimate of drug-likeness (QED) is 0.708. The van der Waals surface area contributed by atoms with Gasteiger partial charge in [-0.05, 0) is 39.0 Å². The van der Waals surface area contributed by atoms with Crippen molar-refractivity contribution in [2.24, 2.45) is 0 Å². The fourth-order valence-corrected chi connectivity index (χ4v) is 3.55. The van der Waals surface area contributed by atoms with Gasteiger partial charge >= 0.3 is 12.1 Å². The van der Waals surface area contributed by atoms with Crippen LogP contribution in [0.4, 0.5) is 21.0 Å². The van der Waals surface area contributed by atoms with Crippen LogP contribution in [0.15, 0.2) is 30.5 Å². The lowest BCUT2D eigenvalue weighted by molar-refractivity contribution is -0.136. The molecule has 10 nitrogen and oxygen atoms in total. The molecule has 2 heterocycles. The third-order valence-electron chi connectivity index (χ3n) is 5.12. The van der Waals surface area contributed by atoms with Crippen LogP contribution >= 0.6 is 11.6 Å². The SMILES string of the molecule is CCOC(=O)N1CCN(C(=O)C(C)n2cc(NC(=O)Nc3cccc(Cl)c3)c(C)n2)CC1. The number of aromatic nitrogens is 2. The predicted octanol–water partition coefficient (Wildman–Crippen LogP) is 3.35. The minimum atomic E-state index is -0.561. The number of nitrogens with one attached hydrogen (secondary N) is 2. The van der Waals surface area contributed by atoms with Gasteiger partial charge in [0.2, 0.25) is 5.91 Å². The van der Waals surface area contributed by atoms with E-state index >= 15 is 0 Å². The summed E-state index contributed by atoms with van der Waals surface area (Å²) in [5.41, 5.74) is 1.64. The maximum atomic E-state index is 12.9. The zero-order chi connectivity index (χ0) is 23.3. The number of nitrogens with zero attached hydrogens (tertiary/aromatic N) is 4. The summed E-state index contributed by atoms with van der Waals surface area (Å²) >= 11 is 5.94. The van der Waals surface area contributed by atoms with E-state index in [4.69, 9.17) is 16.3 Å². The molecule has 11 heteroatoms. The first kappa shape index (κ1) is 23.4. The van der Waals surface area contributed by atoms with Gasteiger partial charge in [0.25, 0.3) is 0 Å². The summed E-state index contributed by atoms with van der Waals surface area (Å²) in [7, 11) is 0. The van der Waals surface area contributed by atoms with Crippen LogP contribution in [0.2, 0.25) is 5.02 Å². The van der Waals surface area contributed by atoms with E-state index in [0.717, 1.165) is 0 Å². The number of rotatable bonds is 5. The second-order valence-corrected chi connectivity index (χ2v) is 7.82. The molecule has 1 fully saturated rings. The van der Waals surface area contributed by atoms with Crippen molar-refractivity contribution >= 4 is 41.0 Å². The molecule has 172 valence electrons. The van der Waals surface area contributed by atoms with Crippen molar-refractivity contribution in [2.75, 3.05) is 43.4 Å². The van der Waals surface area contributed by atoms with Crippen LogP contribution in [0, 0.1) is 6.92 Å². The van der Waals surface area contributed by atoms with E-state index < -0.39 is 12.1 Å². The van der Waals surface area contributed by atoms with Crippen LogP contribution in [-0.2, 0) is 9.53 Å². The van der Waals surface area contributed by atoms with Gasteiger partial charge in [0.1, 0.15) is 6.04 Å². The molecule has 2 N–H and O–H groups in total. The van der Waals surface area contributed by atoms with E-state index in [1.807, 2.05) is 0 Å². The third-order valence-corrected chi connectivity index (χ3v) is 5.35. The van der Waals surface area contributed by atoms with Gasteiger partial charge in [-0.15, -0.1) is 0 Å². The molecular formula is C21H27ClN6O4.